The predicted octanol–water partition coefficient (Wildman–Crippen LogP) is 2.86. The molecule has 0 saturated carbocycles. The molecule has 0 atom stereocenters. The molecule has 0 aliphatic carbocycles. The number of primary amides is 1. The largest absolute Gasteiger partial charge is 0.497 e. The summed E-state index contributed by atoms with van der Waals surface area (Å²) in [6.45, 7) is 2.33. The molecule has 0 aromatic heterocycles. The van der Waals surface area contributed by atoms with Gasteiger partial charge in [-0.3, -0.25) is 4.79 Å². The van der Waals surface area contributed by atoms with E-state index in [4.69, 9.17) is 15.2 Å². The lowest BCUT2D eigenvalue weighted by atomic mass is 10.0. The zero-order valence-electron chi connectivity index (χ0n) is 11.6. The maximum absolute atomic E-state index is 11.5. The Morgan fingerprint density at radius 1 is 1.20 bits per heavy atom. The summed E-state index contributed by atoms with van der Waals surface area (Å²) in [6.07, 6.45) is 0. The number of nitrogens with two attached hydrogens (primary N) is 1. The third-order valence-corrected chi connectivity index (χ3v) is 2.95. The van der Waals surface area contributed by atoms with Crippen molar-refractivity contribution in [1.29, 1.82) is 0 Å². The third kappa shape index (κ3) is 2.74. The van der Waals surface area contributed by atoms with Crippen molar-refractivity contribution in [3.63, 3.8) is 0 Å². The first kappa shape index (κ1) is 13.9. The van der Waals surface area contributed by atoms with E-state index in [0.29, 0.717) is 17.9 Å². The Morgan fingerprint density at radius 2 is 1.95 bits per heavy atom. The van der Waals surface area contributed by atoms with Crippen molar-refractivity contribution in [2.24, 2.45) is 5.73 Å². The molecular weight excluding hydrogens is 254 g/mol. The Morgan fingerprint density at radius 3 is 2.60 bits per heavy atom. The van der Waals surface area contributed by atoms with Gasteiger partial charge in [-0.15, -0.1) is 0 Å². The highest BCUT2D eigenvalue weighted by molar-refractivity contribution is 5.98. The quantitative estimate of drug-likeness (QED) is 0.909. The fourth-order valence-corrected chi connectivity index (χ4v) is 2.05. The highest BCUT2D eigenvalue weighted by Crippen LogP contribution is 2.34. The monoisotopic (exact) mass is 271 g/mol. The number of amides is 1. The zero-order chi connectivity index (χ0) is 14.5. The van der Waals surface area contributed by atoms with E-state index in [-0.39, 0.29) is 0 Å². The maximum atomic E-state index is 11.5. The molecular formula is C16H17NO3. The smallest absolute Gasteiger partial charge is 0.252 e. The van der Waals surface area contributed by atoms with Crippen LogP contribution in [0.25, 0.3) is 11.1 Å². The summed E-state index contributed by atoms with van der Waals surface area (Å²) in [5, 5.41) is 0. The topological polar surface area (TPSA) is 61.5 Å². The molecule has 20 heavy (non-hydrogen) atoms. The lowest BCUT2D eigenvalue weighted by Crippen LogP contribution is -2.13. The fourth-order valence-electron chi connectivity index (χ4n) is 2.05. The SMILES string of the molecule is CCOc1c(C(N)=O)cccc1-c1cccc(OC)c1. The summed E-state index contributed by atoms with van der Waals surface area (Å²) in [6, 6.07) is 12.9. The summed E-state index contributed by atoms with van der Waals surface area (Å²) < 4.78 is 10.8. The lowest BCUT2D eigenvalue weighted by molar-refractivity contribution is 0.0996. The van der Waals surface area contributed by atoms with Crippen molar-refractivity contribution in [3.8, 4) is 22.6 Å². The number of ether oxygens (including phenoxy) is 2. The first-order valence-electron chi connectivity index (χ1n) is 6.37. The predicted molar refractivity (Wildman–Crippen MR) is 78.1 cm³/mol. The lowest BCUT2D eigenvalue weighted by Gasteiger charge is -2.14. The molecule has 0 bridgehead atoms. The van der Waals surface area contributed by atoms with Gasteiger partial charge in [0.05, 0.1) is 19.3 Å². The van der Waals surface area contributed by atoms with Crippen molar-refractivity contribution in [1.82, 2.24) is 0 Å². The van der Waals surface area contributed by atoms with E-state index in [1.165, 1.54) is 0 Å². The first-order chi connectivity index (χ1) is 9.67. The number of hydrogen-bond acceptors (Lipinski definition) is 3. The van der Waals surface area contributed by atoms with Crippen LogP contribution >= 0.6 is 0 Å². The average molecular weight is 271 g/mol. The minimum Gasteiger partial charge on any atom is -0.497 e. The highest BCUT2D eigenvalue weighted by Gasteiger charge is 2.15. The molecule has 0 spiro atoms. The summed E-state index contributed by atoms with van der Waals surface area (Å²) >= 11 is 0. The van der Waals surface area contributed by atoms with Crippen molar-refractivity contribution in [2.45, 2.75) is 6.92 Å². The molecule has 0 aliphatic heterocycles. The van der Waals surface area contributed by atoms with Gasteiger partial charge < -0.3 is 15.2 Å². The number of para-hydroxylation sites is 1. The van der Waals surface area contributed by atoms with Crippen molar-refractivity contribution >= 4 is 5.91 Å². The molecule has 0 unspecified atom stereocenters. The van der Waals surface area contributed by atoms with Gasteiger partial charge in [0.1, 0.15) is 11.5 Å². The highest BCUT2D eigenvalue weighted by atomic mass is 16.5. The zero-order valence-corrected chi connectivity index (χ0v) is 11.6. The number of carbonyl (C=O) groups excluding carboxylic acids is 1. The molecule has 2 rings (SSSR count). The number of hydrogen-bond donors (Lipinski definition) is 1. The maximum Gasteiger partial charge on any atom is 0.252 e. The van der Waals surface area contributed by atoms with Crippen LogP contribution in [0.2, 0.25) is 0 Å². The van der Waals surface area contributed by atoms with Gasteiger partial charge in [-0.1, -0.05) is 24.3 Å². The molecule has 1 amide bonds. The van der Waals surface area contributed by atoms with Crippen LogP contribution in [0.1, 0.15) is 17.3 Å². The fraction of sp³-hybridized carbons (Fsp3) is 0.188. The molecule has 2 N–H and O–H groups in total. The molecule has 2 aromatic rings. The Balaban J connectivity index is 2.60. The van der Waals surface area contributed by atoms with E-state index in [1.54, 1.807) is 19.2 Å². The minimum absolute atomic E-state index is 0.382. The second-order valence-corrected chi connectivity index (χ2v) is 4.21. The Hall–Kier alpha value is -2.49. The van der Waals surface area contributed by atoms with E-state index in [0.717, 1.165) is 16.9 Å². The van der Waals surface area contributed by atoms with Crippen LogP contribution < -0.4 is 15.2 Å². The minimum atomic E-state index is -0.502. The van der Waals surface area contributed by atoms with Crippen molar-refractivity contribution in [2.75, 3.05) is 13.7 Å². The number of rotatable bonds is 5. The summed E-state index contributed by atoms with van der Waals surface area (Å²) in [5.74, 6) is 0.753. The van der Waals surface area contributed by atoms with Gasteiger partial charge in [0, 0.05) is 5.56 Å². The van der Waals surface area contributed by atoms with E-state index < -0.39 is 5.91 Å². The molecule has 0 radical (unpaired) electrons. The van der Waals surface area contributed by atoms with Crippen LogP contribution in [0.15, 0.2) is 42.5 Å². The van der Waals surface area contributed by atoms with Gasteiger partial charge in [0.25, 0.3) is 5.91 Å². The van der Waals surface area contributed by atoms with E-state index in [2.05, 4.69) is 0 Å². The molecule has 0 fully saturated rings. The third-order valence-electron chi connectivity index (χ3n) is 2.95. The standard InChI is InChI=1S/C16H17NO3/c1-3-20-15-13(8-5-9-14(15)16(17)18)11-6-4-7-12(10-11)19-2/h4-10H,3H2,1-2H3,(H2,17,18). The average Bonchev–Trinajstić information content (AvgIpc) is 2.47. The first-order valence-corrected chi connectivity index (χ1v) is 6.37. The van der Waals surface area contributed by atoms with Crippen LogP contribution in [0, 0.1) is 0 Å². The summed E-state index contributed by atoms with van der Waals surface area (Å²) in [7, 11) is 1.61. The van der Waals surface area contributed by atoms with Gasteiger partial charge >= 0.3 is 0 Å². The van der Waals surface area contributed by atoms with Crippen LogP contribution in [0.5, 0.6) is 11.5 Å². The molecule has 0 aliphatic rings. The second kappa shape index (κ2) is 6.10. The van der Waals surface area contributed by atoms with E-state index in [9.17, 15) is 4.79 Å². The van der Waals surface area contributed by atoms with Crippen LogP contribution in [0.3, 0.4) is 0 Å². The van der Waals surface area contributed by atoms with Gasteiger partial charge in [-0.25, -0.2) is 0 Å². The Labute approximate surface area is 118 Å². The molecule has 2 aromatic carbocycles. The summed E-state index contributed by atoms with van der Waals surface area (Å²) in [5.41, 5.74) is 7.52. The van der Waals surface area contributed by atoms with Gasteiger partial charge in [0.15, 0.2) is 0 Å². The number of benzene rings is 2. The molecule has 4 nitrogen and oxygen atoms in total. The van der Waals surface area contributed by atoms with Crippen LogP contribution in [-0.4, -0.2) is 19.6 Å². The summed E-state index contributed by atoms with van der Waals surface area (Å²) in [4.78, 5) is 11.5. The molecule has 4 heteroatoms. The van der Waals surface area contributed by atoms with Gasteiger partial charge in [0.2, 0.25) is 0 Å². The number of methoxy groups -OCH3 is 1. The molecule has 0 heterocycles. The normalized spacial score (nSPS) is 10.1. The van der Waals surface area contributed by atoms with Crippen LogP contribution in [-0.2, 0) is 0 Å². The van der Waals surface area contributed by atoms with Gasteiger partial charge in [-0.05, 0) is 30.7 Å². The molecule has 0 saturated heterocycles. The van der Waals surface area contributed by atoms with E-state index in [1.807, 2.05) is 37.3 Å². The van der Waals surface area contributed by atoms with Gasteiger partial charge in [-0.2, -0.15) is 0 Å². The van der Waals surface area contributed by atoms with Crippen molar-refractivity contribution in [3.05, 3.63) is 48.0 Å². The van der Waals surface area contributed by atoms with E-state index >= 15 is 0 Å². The van der Waals surface area contributed by atoms with Crippen LogP contribution in [0.4, 0.5) is 0 Å². The Kier molecular flexibility index (Phi) is 4.25. The number of carbonyl (C=O) groups is 1. The second-order valence-electron chi connectivity index (χ2n) is 4.21. The molecule has 104 valence electrons. The Bertz CT molecular complexity index is 623. The van der Waals surface area contributed by atoms with Crippen molar-refractivity contribution < 1.29 is 14.3 Å².